The number of amides is 1. The van der Waals surface area contributed by atoms with Crippen LogP contribution in [0.4, 0.5) is 5.69 Å². The minimum atomic E-state index is -0.548. The van der Waals surface area contributed by atoms with Crippen molar-refractivity contribution in [3.8, 4) is 0 Å². The number of nitrogens with zero attached hydrogens (tertiary/aromatic N) is 1. The Hall–Kier alpha value is -1.06. The summed E-state index contributed by atoms with van der Waals surface area (Å²) < 4.78 is 0. The summed E-state index contributed by atoms with van der Waals surface area (Å²) in [6, 6.07) is 2.89. The van der Waals surface area contributed by atoms with Gasteiger partial charge < -0.3 is 4.90 Å². The zero-order valence-corrected chi connectivity index (χ0v) is 10.3. The van der Waals surface area contributed by atoms with Gasteiger partial charge in [0.25, 0.3) is 11.7 Å². The van der Waals surface area contributed by atoms with Gasteiger partial charge in [0.2, 0.25) is 0 Å². The molecule has 1 aromatic carbocycles. The highest BCUT2D eigenvalue weighted by Gasteiger charge is 2.39. The van der Waals surface area contributed by atoms with Crippen LogP contribution in [0, 0.1) is 0 Å². The fourth-order valence-electron chi connectivity index (χ4n) is 1.80. The molecule has 0 saturated heterocycles. The molecule has 2 rings (SSSR count). The van der Waals surface area contributed by atoms with E-state index in [1.165, 1.54) is 17.0 Å². The minimum Gasteiger partial charge on any atom is -0.301 e. The number of carbonyl (C=O) groups excluding carboxylic acids is 2. The second-order valence-electron chi connectivity index (χ2n) is 3.88. The number of benzene rings is 1. The van der Waals surface area contributed by atoms with Crippen LogP contribution >= 0.6 is 23.2 Å². The Morgan fingerprint density at radius 3 is 2.38 bits per heavy atom. The number of Topliss-reactive ketones (excluding diaryl/α,β-unsaturated/α-hetero) is 1. The molecule has 0 unspecified atom stereocenters. The fourth-order valence-corrected chi connectivity index (χ4v) is 2.39. The van der Waals surface area contributed by atoms with Crippen LogP contribution in [0.15, 0.2) is 12.1 Å². The van der Waals surface area contributed by atoms with E-state index in [1.54, 1.807) is 0 Å². The second kappa shape index (κ2) is 3.75. The first-order chi connectivity index (χ1) is 7.43. The van der Waals surface area contributed by atoms with E-state index in [0.717, 1.165) is 0 Å². The van der Waals surface area contributed by atoms with Crippen LogP contribution < -0.4 is 4.90 Å². The van der Waals surface area contributed by atoms with Crippen LogP contribution in [0.3, 0.4) is 0 Å². The van der Waals surface area contributed by atoms with Gasteiger partial charge in [-0.2, -0.15) is 0 Å². The zero-order valence-electron chi connectivity index (χ0n) is 8.75. The summed E-state index contributed by atoms with van der Waals surface area (Å²) in [6.07, 6.45) is 0. The van der Waals surface area contributed by atoms with Crippen molar-refractivity contribution in [1.29, 1.82) is 0 Å². The summed E-state index contributed by atoms with van der Waals surface area (Å²) in [6.45, 7) is 3.65. The average molecular weight is 258 g/mol. The van der Waals surface area contributed by atoms with Crippen LogP contribution in [0.5, 0.6) is 0 Å². The fraction of sp³-hybridized carbons (Fsp3) is 0.273. The van der Waals surface area contributed by atoms with E-state index in [-0.39, 0.29) is 11.6 Å². The van der Waals surface area contributed by atoms with Crippen LogP contribution in [-0.4, -0.2) is 17.7 Å². The lowest BCUT2D eigenvalue weighted by Gasteiger charge is -2.21. The Labute approximate surface area is 103 Å². The van der Waals surface area contributed by atoms with Crippen molar-refractivity contribution in [1.82, 2.24) is 0 Å². The van der Waals surface area contributed by atoms with Crippen molar-refractivity contribution >= 4 is 40.6 Å². The third-order valence-electron chi connectivity index (χ3n) is 2.44. The molecule has 0 radical (unpaired) electrons. The third-order valence-corrected chi connectivity index (χ3v) is 2.95. The molecular formula is C11H9Cl2NO2. The smallest absolute Gasteiger partial charge is 0.299 e. The van der Waals surface area contributed by atoms with Crippen molar-refractivity contribution in [2.45, 2.75) is 19.9 Å². The number of ketones is 1. The average Bonchev–Trinajstić information content (AvgIpc) is 2.42. The Morgan fingerprint density at radius 2 is 1.81 bits per heavy atom. The van der Waals surface area contributed by atoms with E-state index >= 15 is 0 Å². The highest BCUT2D eigenvalue weighted by atomic mass is 35.5. The first-order valence-electron chi connectivity index (χ1n) is 4.80. The first kappa shape index (κ1) is 11.4. The molecular weight excluding hydrogens is 249 g/mol. The molecule has 0 aliphatic carbocycles. The quantitative estimate of drug-likeness (QED) is 0.726. The van der Waals surface area contributed by atoms with Gasteiger partial charge in [0.1, 0.15) is 0 Å². The standard InChI is InChI=1S/C11H9Cl2NO2/c1-5(2)14-9-7(10(15)11(14)16)3-6(12)4-8(9)13/h3-5H,1-2H3. The molecule has 0 N–H and O–H groups in total. The Balaban J connectivity index is 2.70. The van der Waals surface area contributed by atoms with E-state index in [1.807, 2.05) is 13.8 Å². The molecule has 1 heterocycles. The van der Waals surface area contributed by atoms with Crippen molar-refractivity contribution in [2.24, 2.45) is 0 Å². The molecule has 0 fully saturated rings. The van der Waals surface area contributed by atoms with Crippen LogP contribution in [-0.2, 0) is 4.79 Å². The molecule has 84 valence electrons. The first-order valence-corrected chi connectivity index (χ1v) is 5.56. The molecule has 16 heavy (non-hydrogen) atoms. The summed E-state index contributed by atoms with van der Waals surface area (Å²) in [5, 5.41) is 0.686. The number of halogens is 2. The van der Waals surface area contributed by atoms with Gasteiger partial charge in [0.15, 0.2) is 0 Å². The zero-order chi connectivity index (χ0) is 12.0. The third kappa shape index (κ3) is 1.51. The van der Waals surface area contributed by atoms with Crippen LogP contribution in [0.25, 0.3) is 0 Å². The van der Waals surface area contributed by atoms with Crippen LogP contribution in [0.1, 0.15) is 24.2 Å². The minimum absolute atomic E-state index is 0.114. The number of hydrogen-bond acceptors (Lipinski definition) is 2. The van der Waals surface area contributed by atoms with E-state index in [2.05, 4.69) is 0 Å². The lowest BCUT2D eigenvalue weighted by molar-refractivity contribution is -0.114. The normalized spacial score (nSPS) is 14.9. The maximum atomic E-state index is 11.7. The highest BCUT2D eigenvalue weighted by molar-refractivity contribution is 6.54. The highest BCUT2D eigenvalue weighted by Crippen LogP contribution is 2.39. The summed E-state index contributed by atoms with van der Waals surface area (Å²) in [4.78, 5) is 24.8. The molecule has 0 spiro atoms. The molecule has 5 heteroatoms. The SMILES string of the molecule is CC(C)N1C(=O)C(=O)c2cc(Cl)cc(Cl)c21. The second-order valence-corrected chi connectivity index (χ2v) is 4.73. The molecule has 0 atom stereocenters. The lowest BCUT2D eigenvalue weighted by Crippen LogP contribution is -2.35. The summed E-state index contributed by atoms with van der Waals surface area (Å²) in [7, 11) is 0. The van der Waals surface area contributed by atoms with Crippen LogP contribution in [0.2, 0.25) is 10.0 Å². The van der Waals surface area contributed by atoms with Gasteiger partial charge in [-0.1, -0.05) is 23.2 Å². The number of rotatable bonds is 1. The number of hydrogen-bond donors (Lipinski definition) is 0. The Kier molecular flexibility index (Phi) is 2.68. The Morgan fingerprint density at radius 1 is 1.19 bits per heavy atom. The van der Waals surface area contributed by atoms with Gasteiger partial charge in [0, 0.05) is 11.1 Å². The molecule has 3 nitrogen and oxygen atoms in total. The lowest BCUT2D eigenvalue weighted by atomic mass is 10.1. The van der Waals surface area contributed by atoms with Gasteiger partial charge in [-0.25, -0.2) is 0 Å². The summed E-state index contributed by atoms with van der Waals surface area (Å²) in [5.41, 5.74) is 0.757. The largest absolute Gasteiger partial charge is 0.301 e. The van der Waals surface area contributed by atoms with Crippen molar-refractivity contribution in [3.05, 3.63) is 27.7 Å². The molecule has 0 aromatic heterocycles. The number of fused-ring (bicyclic) bond motifs is 1. The van der Waals surface area contributed by atoms with Gasteiger partial charge in [-0.15, -0.1) is 0 Å². The topological polar surface area (TPSA) is 37.4 Å². The number of carbonyl (C=O) groups is 2. The summed E-state index contributed by atoms with van der Waals surface area (Å²) in [5.74, 6) is -1.10. The van der Waals surface area contributed by atoms with E-state index in [4.69, 9.17) is 23.2 Å². The van der Waals surface area contributed by atoms with Gasteiger partial charge in [-0.05, 0) is 26.0 Å². The predicted octanol–water partition coefficient (Wildman–Crippen LogP) is 2.93. The molecule has 1 amide bonds. The maximum absolute atomic E-state index is 11.7. The Bertz CT molecular complexity index is 497. The molecule has 0 saturated carbocycles. The molecule has 1 aliphatic heterocycles. The van der Waals surface area contributed by atoms with E-state index < -0.39 is 11.7 Å². The van der Waals surface area contributed by atoms with E-state index in [0.29, 0.717) is 15.7 Å². The monoisotopic (exact) mass is 257 g/mol. The molecule has 1 aromatic rings. The molecule has 1 aliphatic rings. The van der Waals surface area contributed by atoms with E-state index in [9.17, 15) is 9.59 Å². The van der Waals surface area contributed by atoms with Crippen molar-refractivity contribution in [3.63, 3.8) is 0 Å². The summed E-state index contributed by atoms with van der Waals surface area (Å²) >= 11 is 11.8. The van der Waals surface area contributed by atoms with Gasteiger partial charge in [-0.3, -0.25) is 9.59 Å². The van der Waals surface area contributed by atoms with Gasteiger partial charge in [0.05, 0.1) is 16.3 Å². The van der Waals surface area contributed by atoms with Gasteiger partial charge >= 0.3 is 0 Å². The van der Waals surface area contributed by atoms with Crippen molar-refractivity contribution < 1.29 is 9.59 Å². The predicted molar refractivity (Wildman–Crippen MR) is 63.4 cm³/mol. The maximum Gasteiger partial charge on any atom is 0.299 e. The number of anilines is 1. The van der Waals surface area contributed by atoms with Crippen molar-refractivity contribution in [2.75, 3.05) is 4.90 Å². The molecule has 0 bridgehead atoms.